The van der Waals surface area contributed by atoms with Crippen molar-refractivity contribution in [2.24, 2.45) is 0 Å². The molecule has 1 fully saturated rings. The van der Waals surface area contributed by atoms with Crippen LogP contribution in [0.3, 0.4) is 0 Å². The van der Waals surface area contributed by atoms with Gasteiger partial charge < -0.3 is 29.7 Å². The van der Waals surface area contributed by atoms with Crippen LogP contribution in [-0.2, 0) is 4.74 Å². The summed E-state index contributed by atoms with van der Waals surface area (Å²) in [5, 5.41) is 0.764. The van der Waals surface area contributed by atoms with Crippen LogP contribution < -0.4 is 20.1 Å². The zero-order valence-electron chi connectivity index (χ0n) is 17.3. The van der Waals surface area contributed by atoms with Crippen LogP contribution in [0.2, 0.25) is 0 Å². The van der Waals surface area contributed by atoms with E-state index in [1.807, 2.05) is 12.1 Å². The van der Waals surface area contributed by atoms with Crippen molar-refractivity contribution in [3.8, 4) is 11.5 Å². The van der Waals surface area contributed by atoms with Crippen LogP contribution in [0.4, 0.5) is 11.8 Å². The molecule has 1 saturated heterocycles. The highest BCUT2D eigenvalue weighted by Gasteiger charge is 2.22. The molecule has 0 atom stereocenters. The van der Waals surface area contributed by atoms with Gasteiger partial charge in [-0.1, -0.05) is 0 Å². The first-order valence-corrected chi connectivity index (χ1v) is 9.72. The second-order valence-corrected chi connectivity index (χ2v) is 7.35. The van der Waals surface area contributed by atoms with E-state index in [0.717, 1.165) is 56.4 Å². The van der Waals surface area contributed by atoms with Gasteiger partial charge in [0, 0.05) is 31.1 Å². The lowest BCUT2D eigenvalue weighted by Crippen LogP contribution is -2.38. The molecule has 2 heterocycles. The Morgan fingerprint density at radius 1 is 1.11 bits per heavy atom. The Hall–Kier alpha value is -2.32. The van der Waals surface area contributed by atoms with Gasteiger partial charge in [0.2, 0.25) is 5.95 Å². The molecule has 3 rings (SSSR count). The van der Waals surface area contributed by atoms with Crippen LogP contribution in [-0.4, -0.2) is 75.5 Å². The third kappa shape index (κ3) is 4.74. The maximum atomic E-state index is 6.21. The van der Waals surface area contributed by atoms with Gasteiger partial charge in [0.1, 0.15) is 5.82 Å². The normalized spacial score (nSPS) is 15.4. The summed E-state index contributed by atoms with van der Waals surface area (Å²) < 4.78 is 16.8. The highest BCUT2D eigenvalue weighted by Crippen LogP contribution is 2.34. The topological polar surface area (TPSA) is 86.0 Å². The maximum Gasteiger partial charge on any atom is 0.227 e. The van der Waals surface area contributed by atoms with Gasteiger partial charge in [-0.25, -0.2) is 4.98 Å². The fourth-order valence-electron chi connectivity index (χ4n) is 3.46. The van der Waals surface area contributed by atoms with Crippen molar-refractivity contribution in [2.45, 2.75) is 25.4 Å². The predicted octanol–water partition coefficient (Wildman–Crippen LogP) is 2.17. The number of nitrogen functional groups attached to an aromatic ring is 1. The minimum atomic E-state index is 0.306. The molecule has 0 amide bonds. The van der Waals surface area contributed by atoms with Gasteiger partial charge in [0.15, 0.2) is 11.5 Å². The summed E-state index contributed by atoms with van der Waals surface area (Å²) in [6.45, 7) is 3.58. The van der Waals surface area contributed by atoms with Gasteiger partial charge >= 0.3 is 0 Å². The van der Waals surface area contributed by atoms with Gasteiger partial charge in [-0.3, -0.25) is 0 Å². The fraction of sp³-hybridized carbons (Fsp3) is 0.600. The summed E-state index contributed by atoms with van der Waals surface area (Å²) in [6, 6.07) is 3.66. The number of piperidine rings is 1. The number of anilines is 2. The number of nitrogens with zero attached hydrogens (tertiary/aromatic N) is 4. The van der Waals surface area contributed by atoms with Gasteiger partial charge in [0.05, 0.1) is 25.8 Å². The number of hydrogen-bond donors (Lipinski definition) is 1. The Kier molecular flexibility index (Phi) is 6.74. The summed E-state index contributed by atoms with van der Waals surface area (Å²) >= 11 is 0. The van der Waals surface area contributed by atoms with E-state index in [1.54, 1.807) is 14.2 Å². The molecule has 0 radical (unpaired) electrons. The van der Waals surface area contributed by atoms with Crippen molar-refractivity contribution in [1.29, 1.82) is 0 Å². The van der Waals surface area contributed by atoms with E-state index in [2.05, 4.69) is 28.9 Å². The Bertz CT molecular complexity index is 791. The van der Waals surface area contributed by atoms with E-state index < -0.39 is 0 Å². The second kappa shape index (κ2) is 9.25. The first-order valence-electron chi connectivity index (χ1n) is 9.72. The molecule has 8 nitrogen and oxygen atoms in total. The molecular weight excluding hydrogens is 358 g/mol. The average molecular weight is 390 g/mol. The number of methoxy groups -OCH3 is 2. The Morgan fingerprint density at radius 2 is 1.79 bits per heavy atom. The predicted molar refractivity (Wildman–Crippen MR) is 111 cm³/mol. The van der Waals surface area contributed by atoms with Crippen molar-refractivity contribution in [3.05, 3.63) is 12.1 Å². The zero-order chi connectivity index (χ0) is 20.1. The SMILES string of the molecule is COc1cc2nc(N3CCC(OCCCN(C)C)CC3)nc(N)c2cc1OC. The minimum absolute atomic E-state index is 0.306. The van der Waals surface area contributed by atoms with Gasteiger partial charge in [-0.05, 0) is 46.0 Å². The first kappa shape index (κ1) is 20.4. The van der Waals surface area contributed by atoms with E-state index in [1.165, 1.54) is 0 Å². The molecule has 0 spiro atoms. The first-order chi connectivity index (χ1) is 13.5. The number of benzene rings is 1. The van der Waals surface area contributed by atoms with E-state index in [9.17, 15) is 0 Å². The highest BCUT2D eigenvalue weighted by atomic mass is 16.5. The van der Waals surface area contributed by atoms with Gasteiger partial charge in [0.25, 0.3) is 0 Å². The van der Waals surface area contributed by atoms with Crippen molar-refractivity contribution in [3.63, 3.8) is 0 Å². The summed E-state index contributed by atoms with van der Waals surface area (Å²) in [4.78, 5) is 13.6. The average Bonchev–Trinajstić information content (AvgIpc) is 2.70. The standard InChI is InChI=1S/C20H31N5O3/c1-24(2)8-5-11-28-14-6-9-25(10-7-14)20-22-16-13-18(27-4)17(26-3)12-15(16)19(21)23-20/h12-14H,5-11H2,1-4H3,(H2,21,22,23). The molecule has 0 aliphatic carbocycles. The number of rotatable bonds is 8. The molecule has 1 aromatic carbocycles. The van der Waals surface area contributed by atoms with E-state index >= 15 is 0 Å². The number of ether oxygens (including phenoxy) is 3. The molecule has 28 heavy (non-hydrogen) atoms. The highest BCUT2D eigenvalue weighted by molar-refractivity contribution is 5.91. The molecule has 0 bridgehead atoms. The molecule has 154 valence electrons. The summed E-state index contributed by atoms with van der Waals surface area (Å²) in [7, 11) is 7.37. The summed E-state index contributed by atoms with van der Waals surface area (Å²) in [6.07, 6.45) is 3.30. The van der Waals surface area contributed by atoms with Crippen molar-refractivity contribution >= 4 is 22.7 Å². The van der Waals surface area contributed by atoms with Crippen molar-refractivity contribution in [1.82, 2.24) is 14.9 Å². The molecule has 8 heteroatoms. The number of hydrogen-bond acceptors (Lipinski definition) is 8. The summed E-state index contributed by atoms with van der Waals surface area (Å²) in [5.41, 5.74) is 6.96. The zero-order valence-corrected chi connectivity index (χ0v) is 17.3. The Balaban J connectivity index is 1.66. The third-order valence-electron chi connectivity index (χ3n) is 5.05. The van der Waals surface area contributed by atoms with Crippen LogP contribution in [0.15, 0.2) is 12.1 Å². The largest absolute Gasteiger partial charge is 0.493 e. The Labute approximate surface area is 166 Å². The van der Waals surface area contributed by atoms with Gasteiger partial charge in [-0.2, -0.15) is 4.98 Å². The number of fused-ring (bicyclic) bond motifs is 1. The Morgan fingerprint density at radius 3 is 2.43 bits per heavy atom. The minimum Gasteiger partial charge on any atom is -0.493 e. The lowest BCUT2D eigenvalue weighted by molar-refractivity contribution is 0.0331. The van der Waals surface area contributed by atoms with Gasteiger partial charge in [-0.15, -0.1) is 0 Å². The number of nitrogens with two attached hydrogens (primary N) is 1. The molecule has 1 aliphatic heterocycles. The molecule has 1 aliphatic rings. The van der Waals surface area contributed by atoms with Crippen LogP contribution in [0.1, 0.15) is 19.3 Å². The molecule has 2 N–H and O–H groups in total. The van der Waals surface area contributed by atoms with Crippen LogP contribution in [0.5, 0.6) is 11.5 Å². The molecule has 1 aromatic heterocycles. The van der Waals surface area contributed by atoms with Crippen LogP contribution in [0, 0.1) is 0 Å². The molecule has 0 saturated carbocycles. The van der Waals surface area contributed by atoms with Crippen LogP contribution in [0.25, 0.3) is 10.9 Å². The summed E-state index contributed by atoms with van der Waals surface area (Å²) in [5.74, 6) is 2.35. The van der Waals surface area contributed by atoms with Crippen LogP contribution >= 0.6 is 0 Å². The number of aromatic nitrogens is 2. The van der Waals surface area contributed by atoms with E-state index in [0.29, 0.717) is 29.4 Å². The molecule has 0 unspecified atom stereocenters. The maximum absolute atomic E-state index is 6.21. The lowest BCUT2D eigenvalue weighted by atomic mass is 10.1. The second-order valence-electron chi connectivity index (χ2n) is 7.35. The smallest absolute Gasteiger partial charge is 0.227 e. The van der Waals surface area contributed by atoms with E-state index in [-0.39, 0.29) is 0 Å². The van der Waals surface area contributed by atoms with E-state index in [4.69, 9.17) is 24.9 Å². The quantitative estimate of drug-likeness (QED) is 0.688. The van der Waals surface area contributed by atoms with Crippen molar-refractivity contribution in [2.75, 3.05) is 65.2 Å². The van der Waals surface area contributed by atoms with Crippen molar-refractivity contribution < 1.29 is 14.2 Å². The lowest BCUT2D eigenvalue weighted by Gasteiger charge is -2.32. The molecule has 2 aromatic rings. The molecular formula is C20H31N5O3. The monoisotopic (exact) mass is 389 g/mol. The fourth-order valence-corrected chi connectivity index (χ4v) is 3.46. The third-order valence-corrected chi connectivity index (χ3v) is 5.05.